The van der Waals surface area contributed by atoms with Gasteiger partial charge in [0.1, 0.15) is 0 Å². The van der Waals surface area contributed by atoms with E-state index in [-0.39, 0.29) is 11.2 Å². The topological polar surface area (TPSA) is 66.9 Å². The van der Waals surface area contributed by atoms with Gasteiger partial charge in [-0.2, -0.15) is 0 Å². The van der Waals surface area contributed by atoms with E-state index in [1.165, 1.54) is 35.9 Å². The third-order valence-electron chi connectivity index (χ3n) is 3.05. The van der Waals surface area contributed by atoms with Gasteiger partial charge in [-0.25, -0.2) is 0 Å². The van der Waals surface area contributed by atoms with Crippen molar-refractivity contribution in [2.45, 2.75) is 35.4 Å². The number of carbonyl (C=O) groups is 1. The van der Waals surface area contributed by atoms with E-state index in [1.807, 2.05) is 31.2 Å². The van der Waals surface area contributed by atoms with Crippen molar-refractivity contribution < 1.29 is 4.79 Å². The van der Waals surface area contributed by atoms with Crippen LogP contribution in [0.5, 0.6) is 0 Å². The van der Waals surface area contributed by atoms with Crippen molar-refractivity contribution in [1.29, 1.82) is 0 Å². The number of hydrogen-bond acceptors (Lipinski definition) is 6. The first-order valence-corrected chi connectivity index (χ1v) is 9.42. The molecule has 0 radical (unpaired) electrons. The predicted molar refractivity (Wildman–Crippen MR) is 94.6 cm³/mol. The Morgan fingerprint density at radius 1 is 1.45 bits per heavy atom. The van der Waals surface area contributed by atoms with Gasteiger partial charge in [0, 0.05) is 16.2 Å². The lowest BCUT2D eigenvalue weighted by Crippen LogP contribution is -2.22. The van der Waals surface area contributed by atoms with Crippen LogP contribution in [0.2, 0.25) is 0 Å². The summed E-state index contributed by atoms with van der Waals surface area (Å²) < 4.78 is 1.74. The molecule has 116 valence electrons. The number of thioether (sulfide) groups is 1. The minimum atomic E-state index is -0.235. The van der Waals surface area contributed by atoms with E-state index in [4.69, 9.17) is 0 Å². The van der Waals surface area contributed by atoms with Crippen LogP contribution in [0, 0.1) is 0 Å². The van der Waals surface area contributed by atoms with Crippen molar-refractivity contribution in [2.75, 3.05) is 10.6 Å². The first kappa shape index (κ1) is 15.8. The number of rotatable bonds is 6. The lowest BCUT2D eigenvalue weighted by molar-refractivity contribution is -0.115. The van der Waals surface area contributed by atoms with Crippen LogP contribution in [0.25, 0.3) is 0 Å². The van der Waals surface area contributed by atoms with Gasteiger partial charge in [0.05, 0.1) is 5.25 Å². The number of nitrogens with one attached hydrogen (secondary N) is 2. The van der Waals surface area contributed by atoms with E-state index in [0.29, 0.717) is 6.04 Å². The third kappa shape index (κ3) is 4.44. The first-order valence-electron chi connectivity index (χ1n) is 6.93. The molecule has 5 nitrogen and oxygen atoms in total. The Hall–Kier alpha value is -1.12. The minimum Gasteiger partial charge on any atom is -0.357 e. The first-order chi connectivity index (χ1) is 10.6. The van der Waals surface area contributed by atoms with Crippen LogP contribution in [0.3, 0.4) is 0 Å². The minimum absolute atomic E-state index is 0.0463. The van der Waals surface area contributed by atoms with Crippen molar-refractivity contribution in [3.63, 3.8) is 0 Å². The number of benzene rings is 1. The number of halogens is 1. The van der Waals surface area contributed by atoms with Crippen molar-refractivity contribution in [2.24, 2.45) is 0 Å². The fraction of sp³-hybridized carbons (Fsp3) is 0.357. The van der Waals surface area contributed by atoms with Gasteiger partial charge in [0.2, 0.25) is 11.0 Å². The van der Waals surface area contributed by atoms with Gasteiger partial charge in [-0.1, -0.05) is 45.1 Å². The number of carbonyl (C=O) groups excluding carboxylic acids is 1. The Labute approximate surface area is 145 Å². The van der Waals surface area contributed by atoms with Crippen LogP contribution in [0.15, 0.2) is 33.1 Å². The van der Waals surface area contributed by atoms with E-state index in [2.05, 4.69) is 36.8 Å². The van der Waals surface area contributed by atoms with Crippen LogP contribution in [-0.4, -0.2) is 27.4 Å². The molecule has 1 aromatic carbocycles. The molecule has 8 heteroatoms. The lowest BCUT2D eigenvalue weighted by Gasteiger charge is -2.10. The Kier molecular flexibility index (Phi) is 5.00. The molecule has 2 aromatic rings. The molecule has 1 heterocycles. The number of nitrogens with zero attached hydrogens (tertiary/aromatic N) is 2. The summed E-state index contributed by atoms with van der Waals surface area (Å²) in [6.45, 7) is 1.87. The average Bonchev–Trinajstić information content (AvgIpc) is 3.18. The molecule has 1 aliphatic carbocycles. The normalized spacial score (nSPS) is 15.4. The van der Waals surface area contributed by atoms with Gasteiger partial charge in [-0.3, -0.25) is 4.79 Å². The lowest BCUT2D eigenvalue weighted by atomic mass is 10.3. The summed E-state index contributed by atoms with van der Waals surface area (Å²) >= 11 is 6.31. The molecule has 0 unspecified atom stereocenters. The number of hydrogen-bond donors (Lipinski definition) is 2. The van der Waals surface area contributed by atoms with Gasteiger partial charge >= 0.3 is 0 Å². The van der Waals surface area contributed by atoms with Gasteiger partial charge in [0.15, 0.2) is 4.34 Å². The molecule has 1 fully saturated rings. The molecule has 1 aromatic heterocycles. The van der Waals surface area contributed by atoms with Gasteiger partial charge < -0.3 is 10.6 Å². The van der Waals surface area contributed by atoms with E-state index in [0.717, 1.165) is 19.6 Å². The highest BCUT2D eigenvalue weighted by Crippen LogP contribution is 2.32. The van der Waals surface area contributed by atoms with Crippen molar-refractivity contribution in [1.82, 2.24) is 10.2 Å². The van der Waals surface area contributed by atoms with Crippen LogP contribution < -0.4 is 10.6 Å². The maximum Gasteiger partial charge on any atom is 0.237 e. The maximum absolute atomic E-state index is 12.2. The van der Waals surface area contributed by atoms with Gasteiger partial charge in [0.25, 0.3) is 0 Å². The van der Waals surface area contributed by atoms with E-state index in [9.17, 15) is 4.79 Å². The fourth-order valence-electron chi connectivity index (χ4n) is 1.73. The molecule has 1 atom stereocenters. The molecule has 3 rings (SSSR count). The largest absolute Gasteiger partial charge is 0.357 e. The van der Waals surface area contributed by atoms with Crippen LogP contribution in [0.1, 0.15) is 19.8 Å². The number of aromatic nitrogens is 2. The summed E-state index contributed by atoms with van der Waals surface area (Å²) in [5, 5.41) is 15.0. The molecular weight excluding hydrogens is 384 g/mol. The van der Waals surface area contributed by atoms with Crippen LogP contribution in [0.4, 0.5) is 10.8 Å². The Morgan fingerprint density at radius 2 is 2.27 bits per heavy atom. The zero-order chi connectivity index (χ0) is 15.5. The monoisotopic (exact) mass is 398 g/mol. The second-order valence-corrected chi connectivity index (χ2v) is 8.53. The molecule has 0 aliphatic heterocycles. The van der Waals surface area contributed by atoms with Crippen molar-refractivity contribution >= 4 is 55.8 Å². The SMILES string of the molecule is C[C@@H](Sc1nnc(NC2CC2)s1)C(=O)Nc1cccc(Br)c1. The Balaban J connectivity index is 1.55. The standard InChI is InChI=1S/C14H15BrN4OS2/c1-8(12(20)16-11-4-2-3-9(15)7-11)21-14-19-18-13(22-14)17-10-5-6-10/h2-4,7-8,10H,5-6H2,1H3,(H,16,20)(H,17,18)/t8-/m1/s1. The zero-order valence-electron chi connectivity index (χ0n) is 11.9. The molecule has 1 amide bonds. The molecule has 1 saturated carbocycles. The van der Waals surface area contributed by atoms with Crippen molar-refractivity contribution in [3.8, 4) is 0 Å². The van der Waals surface area contributed by atoms with E-state index in [1.54, 1.807) is 0 Å². The second-order valence-electron chi connectivity index (χ2n) is 5.05. The summed E-state index contributed by atoms with van der Waals surface area (Å²) in [5.41, 5.74) is 0.778. The molecule has 0 bridgehead atoms. The molecule has 2 N–H and O–H groups in total. The Bertz CT molecular complexity index is 674. The van der Waals surface area contributed by atoms with Crippen LogP contribution in [-0.2, 0) is 4.79 Å². The summed E-state index contributed by atoms with van der Waals surface area (Å²) in [6.07, 6.45) is 2.40. The van der Waals surface area contributed by atoms with Gasteiger partial charge in [-0.15, -0.1) is 10.2 Å². The summed E-state index contributed by atoms with van der Waals surface area (Å²) in [7, 11) is 0. The molecule has 1 aliphatic rings. The molecule has 0 saturated heterocycles. The van der Waals surface area contributed by atoms with E-state index >= 15 is 0 Å². The summed E-state index contributed by atoms with van der Waals surface area (Å²) in [4.78, 5) is 12.2. The summed E-state index contributed by atoms with van der Waals surface area (Å²) in [5.74, 6) is -0.0463. The predicted octanol–water partition coefficient (Wildman–Crippen LogP) is 3.99. The molecular formula is C14H15BrN4OS2. The Morgan fingerprint density at radius 3 is 3.00 bits per heavy atom. The molecule has 22 heavy (non-hydrogen) atoms. The van der Waals surface area contributed by atoms with Crippen LogP contribution >= 0.6 is 39.0 Å². The fourth-order valence-corrected chi connectivity index (χ4v) is 4.11. The highest BCUT2D eigenvalue weighted by molar-refractivity contribution is 9.10. The second kappa shape index (κ2) is 6.97. The van der Waals surface area contributed by atoms with Crippen molar-refractivity contribution in [3.05, 3.63) is 28.7 Å². The average molecular weight is 399 g/mol. The zero-order valence-corrected chi connectivity index (χ0v) is 15.1. The smallest absolute Gasteiger partial charge is 0.237 e. The number of anilines is 2. The molecule has 0 spiro atoms. The highest BCUT2D eigenvalue weighted by atomic mass is 79.9. The quantitative estimate of drug-likeness (QED) is 0.719. The van der Waals surface area contributed by atoms with Gasteiger partial charge in [-0.05, 0) is 38.0 Å². The van der Waals surface area contributed by atoms with E-state index < -0.39 is 0 Å². The highest BCUT2D eigenvalue weighted by Gasteiger charge is 2.23. The summed E-state index contributed by atoms with van der Waals surface area (Å²) in [6, 6.07) is 8.10. The number of amides is 1. The maximum atomic E-state index is 12.2. The third-order valence-corrected chi connectivity index (χ3v) is 5.58.